The van der Waals surface area contributed by atoms with Crippen molar-refractivity contribution >= 4 is 6.09 Å². The molecule has 0 radical (unpaired) electrons. The quantitative estimate of drug-likeness (QED) is 0.738. The third-order valence-corrected chi connectivity index (χ3v) is 3.55. The average molecular weight is 338 g/mol. The van der Waals surface area contributed by atoms with Gasteiger partial charge in [-0.1, -0.05) is 35.0 Å². The Bertz CT molecular complexity index is 856. The number of ether oxygens (including phenoxy) is 2. The molecule has 1 aromatic heterocycles. The van der Waals surface area contributed by atoms with Crippen LogP contribution < -0.4 is 10.5 Å². The van der Waals surface area contributed by atoms with E-state index in [1.54, 1.807) is 6.07 Å². The second-order valence-corrected chi connectivity index (χ2v) is 5.59. The third-order valence-electron chi connectivity index (χ3n) is 3.55. The lowest BCUT2D eigenvalue weighted by Crippen LogP contribution is -2.12. The van der Waals surface area contributed by atoms with Gasteiger partial charge in [-0.2, -0.15) is 0 Å². The Balaban J connectivity index is 1.61. The van der Waals surface area contributed by atoms with Gasteiger partial charge in [-0.05, 0) is 36.8 Å². The number of amides is 1. The number of aromatic nitrogens is 1. The van der Waals surface area contributed by atoms with Crippen molar-refractivity contribution in [2.75, 3.05) is 0 Å². The minimum atomic E-state index is -0.854. The standard InChI is InChI=1S/C19H18N2O4/c1-13-3-2-4-14(9-13)11-23-16-7-5-15(6-8-16)18-10-17(25-21-18)12-24-19(20)22/h2-10H,11-12H2,1H3,(H2,20,22). The van der Waals surface area contributed by atoms with Gasteiger partial charge in [0.1, 0.15) is 18.1 Å². The van der Waals surface area contributed by atoms with Crippen molar-refractivity contribution in [3.63, 3.8) is 0 Å². The number of carbonyl (C=O) groups excluding carboxylic acids is 1. The maximum atomic E-state index is 10.6. The van der Waals surface area contributed by atoms with Gasteiger partial charge in [-0.3, -0.25) is 0 Å². The molecule has 2 N–H and O–H groups in total. The first-order valence-electron chi connectivity index (χ1n) is 7.77. The van der Waals surface area contributed by atoms with E-state index in [1.807, 2.05) is 36.4 Å². The van der Waals surface area contributed by atoms with Crippen LogP contribution in [0.25, 0.3) is 11.3 Å². The summed E-state index contributed by atoms with van der Waals surface area (Å²) >= 11 is 0. The molecule has 25 heavy (non-hydrogen) atoms. The summed E-state index contributed by atoms with van der Waals surface area (Å²) in [5.74, 6) is 1.19. The van der Waals surface area contributed by atoms with Crippen LogP contribution >= 0.6 is 0 Å². The summed E-state index contributed by atoms with van der Waals surface area (Å²) in [4.78, 5) is 10.6. The highest BCUT2D eigenvalue weighted by molar-refractivity contribution is 5.64. The number of hydrogen-bond donors (Lipinski definition) is 1. The highest BCUT2D eigenvalue weighted by Crippen LogP contribution is 2.23. The van der Waals surface area contributed by atoms with Gasteiger partial charge in [0.05, 0.1) is 0 Å². The summed E-state index contributed by atoms with van der Waals surface area (Å²) < 4.78 is 15.6. The Hall–Kier alpha value is -3.28. The summed E-state index contributed by atoms with van der Waals surface area (Å²) in [7, 11) is 0. The number of benzene rings is 2. The van der Waals surface area contributed by atoms with Gasteiger partial charge in [0, 0.05) is 11.6 Å². The van der Waals surface area contributed by atoms with Gasteiger partial charge in [-0.15, -0.1) is 0 Å². The van der Waals surface area contributed by atoms with Crippen LogP contribution in [-0.2, 0) is 18.0 Å². The minimum Gasteiger partial charge on any atom is -0.489 e. The third kappa shape index (κ3) is 4.60. The molecule has 0 aliphatic carbocycles. The zero-order valence-electron chi connectivity index (χ0n) is 13.8. The average Bonchev–Trinajstić information content (AvgIpc) is 3.08. The van der Waals surface area contributed by atoms with Gasteiger partial charge in [-0.25, -0.2) is 4.79 Å². The van der Waals surface area contributed by atoms with E-state index < -0.39 is 6.09 Å². The van der Waals surface area contributed by atoms with Crippen LogP contribution in [0.4, 0.5) is 4.79 Å². The largest absolute Gasteiger partial charge is 0.489 e. The first kappa shape index (κ1) is 16.6. The first-order valence-corrected chi connectivity index (χ1v) is 7.77. The Kier molecular flexibility index (Phi) is 4.99. The molecule has 0 saturated heterocycles. The van der Waals surface area contributed by atoms with Crippen molar-refractivity contribution in [2.24, 2.45) is 5.73 Å². The molecule has 2 aromatic carbocycles. The fourth-order valence-corrected chi connectivity index (χ4v) is 2.35. The predicted molar refractivity (Wildman–Crippen MR) is 91.8 cm³/mol. The second kappa shape index (κ2) is 7.53. The predicted octanol–water partition coefficient (Wildman–Crippen LogP) is 3.82. The molecule has 0 fully saturated rings. The molecular formula is C19H18N2O4. The van der Waals surface area contributed by atoms with E-state index in [-0.39, 0.29) is 6.61 Å². The van der Waals surface area contributed by atoms with Gasteiger partial charge in [0.2, 0.25) is 0 Å². The van der Waals surface area contributed by atoms with Gasteiger partial charge >= 0.3 is 6.09 Å². The fourth-order valence-electron chi connectivity index (χ4n) is 2.35. The van der Waals surface area contributed by atoms with E-state index in [0.717, 1.165) is 16.9 Å². The van der Waals surface area contributed by atoms with Gasteiger partial charge in [0.15, 0.2) is 12.4 Å². The number of carbonyl (C=O) groups is 1. The zero-order chi connectivity index (χ0) is 17.6. The lowest BCUT2D eigenvalue weighted by Gasteiger charge is -2.07. The number of aryl methyl sites for hydroxylation is 1. The molecule has 0 spiro atoms. The molecule has 0 bridgehead atoms. The molecule has 3 rings (SSSR count). The van der Waals surface area contributed by atoms with E-state index in [9.17, 15) is 4.79 Å². The van der Waals surface area contributed by atoms with Crippen LogP contribution in [0.15, 0.2) is 59.1 Å². The van der Waals surface area contributed by atoms with Crippen LogP contribution in [0, 0.1) is 6.92 Å². The number of rotatable bonds is 6. The molecule has 0 aliphatic heterocycles. The molecule has 6 heteroatoms. The molecule has 0 aliphatic rings. The Morgan fingerprint density at radius 1 is 1.12 bits per heavy atom. The van der Waals surface area contributed by atoms with Crippen molar-refractivity contribution in [1.82, 2.24) is 5.16 Å². The maximum Gasteiger partial charge on any atom is 0.404 e. The van der Waals surface area contributed by atoms with Crippen molar-refractivity contribution < 1.29 is 18.8 Å². The Labute approximate surface area is 145 Å². The van der Waals surface area contributed by atoms with E-state index >= 15 is 0 Å². The van der Waals surface area contributed by atoms with Crippen molar-refractivity contribution in [3.05, 3.63) is 71.5 Å². The summed E-state index contributed by atoms with van der Waals surface area (Å²) in [6.07, 6.45) is -0.854. The normalized spacial score (nSPS) is 10.4. The number of nitrogens with two attached hydrogens (primary N) is 1. The Morgan fingerprint density at radius 2 is 1.92 bits per heavy atom. The van der Waals surface area contributed by atoms with E-state index in [2.05, 4.69) is 28.9 Å². The van der Waals surface area contributed by atoms with Crippen molar-refractivity contribution in [3.8, 4) is 17.0 Å². The molecule has 128 valence electrons. The number of primary amides is 1. The number of hydrogen-bond acceptors (Lipinski definition) is 5. The molecule has 0 unspecified atom stereocenters. The summed E-state index contributed by atoms with van der Waals surface area (Å²) in [5.41, 5.74) is 8.77. The second-order valence-electron chi connectivity index (χ2n) is 5.59. The van der Waals surface area contributed by atoms with Crippen molar-refractivity contribution in [2.45, 2.75) is 20.1 Å². The topological polar surface area (TPSA) is 87.6 Å². The molecule has 6 nitrogen and oxygen atoms in total. The Morgan fingerprint density at radius 3 is 2.64 bits per heavy atom. The summed E-state index contributed by atoms with van der Waals surface area (Å²) in [5, 5.41) is 3.95. The molecule has 0 saturated carbocycles. The van der Waals surface area contributed by atoms with Crippen LogP contribution in [0.3, 0.4) is 0 Å². The molecule has 1 amide bonds. The molecule has 0 atom stereocenters. The van der Waals surface area contributed by atoms with Gasteiger partial charge < -0.3 is 19.7 Å². The minimum absolute atomic E-state index is 0.0416. The summed E-state index contributed by atoms with van der Waals surface area (Å²) in [6, 6.07) is 17.4. The maximum absolute atomic E-state index is 10.6. The van der Waals surface area contributed by atoms with Crippen LogP contribution in [0.2, 0.25) is 0 Å². The molecule has 3 aromatic rings. The van der Waals surface area contributed by atoms with Crippen molar-refractivity contribution in [1.29, 1.82) is 0 Å². The van der Waals surface area contributed by atoms with Crippen LogP contribution in [-0.4, -0.2) is 11.2 Å². The zero-order valence-corrected chi connectivity index (χ0v) is 13.8. The van der Waals surface area contributed by atoms with Gasteiger partial charge in [0.25, 0.3) is 0 Å². The number of nitrogens with zero attached hydrogens (tertiary/aromatic N) is 1. The lowest BCUT2D eigenvalue weighted by atomic mass is 10.1. The first-order chi connectivity index (χ1) is 12.1. The monoisotopic (exact) mass is 338 g/mol. The highest BCUT2D eigenvalue weighted by Gasteiger charge is 2.08. The highest BCUT2D eigenvalue weighted by atomic mass is 16.6. The fraction of sp³-hybridized carbons (Fsp3) is 0.158. The smallest absolute Gasteiger partial charge is 0.404 e. The van der Waals surface area contributed by atoms with E-state index in [0.29, 0.717) is 18.1 Å². The van der Waals surface area contributed by atoms with E-state index in [4.69, 9.17) is 15.0 Å². The van der Waals surface area contributed by atoms with E-state index in [1.165, 1.54) is 5.56 Å². The van der Waals surface area contributed by atoms with Crippen LogP contribution in [0.5, 0.6) is 5.75 Å². The molecular weight excluding hydrogens is 320 g/mol. The molecule has 1 heterocycles. The van der Waals surface area contributed by atoms with Crippen LogP contribution in [0.1, 0.15) is 16.9 Å². The lowest BCUT2D eigenvalue weighted by molar-refractivity contribution is 0.137. The summed E-state index contributed by atoms with van der Waals surface area (Å²) in [6.45, 7) is 2.53. The SMILES string of the molecule is Cc1cccc(COc2ccc(-c3cc(COC(N)=O)on3)cc2)c1.